The second kappa shape index (κ2) is 6.59. The molecular weight excluding hydrogens is 220 g/mol. The molecular formula is C12H22N2O3. The number of hydrogen-bond acceptors (Lipinski definition) is 3. The molecule has 0 bridgehead atoms. The van der Waals surface area contributed by atoms with Crippen LogP contribution in [0.2, 0.25) is 0 Å². The first-order valence-corrected chi connectivity index (χ1v) is 6.26. The first-order valence-electron chi connectivity index (χ1n) is 6.26. The lowest BCUT2D eigenvalue weighted by Gasteiger charge is -2.25. The Morgan fingerprint density at radius 1 is 1.35 bits per heavy atom. The average molecular weight is 242 g/mol. The Morgan fingerprint density at radius 2 is 1.94 bits per heavy atom. The maximum atomic E-state index is 11.8. The number of hydrogen-bond donors (Lipinski definition) is 3. The summed E-state index contributed by atoms with van der Waals surface area (Å²) in [5.41, 5.74) is 5.77. The lowest BCUT2D eigenvalue weighted by Crippen LogP contribution is -2.37. The van der Waals surface area contributed by atoms with Gasteiger partial charge >= 0.3 is 5.97 Å². The molecule has 4 N–H and O–H groups in total. The molecule has 98 valence electrons. The molecule has 0 heterocycles. The van der Waals surface area contributed by atoms with Gasteiger partial charge in [0.1, 0.15) is 0 Å². The predicted octanol–water partition coefficient (Wildman–Crippen LogP) is 0.731. The van der Waals surface area contributed by atoms with Crippen LogP contribution < -0.4 is 11.1 Å². The van der Waals surface area contributed by atoms with Crippen LogP contribution in [0.15, 0.2) is 0 Å². The Labute approximate surface area is 102 Å². The minimum Gasteiger partial charge on any atom is -0.481 e. The molecule has 17 heavy (non-hydrogen) atoms. The average Bonchev–Trinajstić information content (AvgIpc) is 2.29. The van der Waals surface area contributed by atoms with Gasteiger partial charge in [0.25, 0.3) is 0 Å². The van der Waals surface area contributed by atoms with Gasteiger partial charge in [0.05, 0.1) is 5.92 Å². The Hall–Kier alpha value is -1.10. The summed E-state index contributed by atoms with van der Waals surface area (Å²) >= 11 is 0. The Bertz CT molecular complexity index is 273. The van der Waals surface area contributed by atoms with Crippen molar-refractivity contribution in [2.45, 2.75) is 45.1 Å². The normalized spacial score (nSPS) is 26.2. The third-order valence-electron chi connectivity index (χ3n) is 3.44. The van der Waals surface area contributed by atoms with Gasteiger partial charge in [-0.05, 0) is 32.1 Å². The Balaban J connectivity index is 2.19. The van der Waals surface area contributed by atoms with Crippen molar-refractivity contribution in [1.29, 1.82) is 0 Å². The van der Waals surface area contributed by atoms with Crippen molar-refractivity contribution in [1.82, 2.24) is 5.32 Å². The van der Waals surface area contributed by atoms with E-state index in [0.717, 1.165) is 25.7 Å². The van der Waals surface area contributed by atoms with Gasteiger partial charge in [0, 0.05) is 18.5 Å². The van der Waals surface area contributed by atoms with Crippen LogP contribution in [0.25, 0.3) is 0 Å². The first kappa shape index (κ1) is 14.0. The van der Waals surface area contributed by atoms with Crippen molar-refractivity contribution in [3.63, 3.8) is 0 Å². The monoisotopic (exact) mass is 242 g/mol. The van der Waals surface area contributed by atoms with E-state index >= 15 is 0 Å². The molecule has 0 aromatic heterocycles. The van der Waals surface area contributed by atoms with Crippen molar-refractivity contribution in [2.24, 2.45) is 17.6 Å². The van der Waals surface area contributed by atoms with Gasteiger partial charge in [-0.2, -0.15) is 0 Å². The number of carbonyl (C=O) groups is 2. The van der Waals surface area contributed by atoms with Crippen LogP contribution in [0.4, 0.5) is 0 Å². The van der Waals surface area contributed by atoms with Gasteiger partial charge in [-0.25, -0.2) is 0 Å². The van der Waals surface area contributed by atoms with Crippen molar-refractivity contribution < 1.29 is 14.7 Å². The van der Waals surface area contributed by atoms with Crippen molar-refractivity contribution in [3.8, 4) is 0 Å². The maximum absolute atomic E-state index is 11.8. The smallest absolute Gasteiger partial charge is 0.306 e. The molecule has 1 unspecified atom stereocenters. The second-order valence-corrected chi connectivity index (χ2v) is 4.93. The number of rotatable bonds is 5. The number of aliphatic carboxylic acids is 1. The van der Waals surface area contributed by atoms with E-state index in [1.54, 1.807) is 6.92 Å². The molecule has 1 aliphatic rings. The molecule has 0 saturated heterocycles. The fraction of sp³-hybridized carbons (Fsp3) is 0.833. The molecule has 0 aliphatic heterocycles. The number of carbonyl (C=O) groups excluding carboxylic acids is 1. The van der Waals surface area contributed by atoms with E-state index in [0.29, 0.717) is 13.0 Å². The van der Waals surface area contributed by atoms with Crippen LogP contribution in [0, 0.1) is 11.8 Å². The molecule has 1 fully saturated rings. The highest BCUT2D eigenvalue weighted by Gasteiger charge is 2.24. The van der Waals surface area contributed by atoms with E-state index < -0.39 is 11.9 Å². The molecule has 1 amide bonds. The lowest BCUT2D eigenvalue weighted by atomic mass is 9.86. The molecule has 1 rings (SSSR count). The fourth-order valence-corrected chi connectivity index (χ4v) is 2.06. The minimum absolute atomic E-state index is 0.0505. The summed E-state index contributed by atoms with van der Waals surface area (Å²) in [6, 6.07) is 0.242. The highest BCUT2D eigenvalue weighted by atomic mass is 16.4. The molecule has 5 nitrogen and oxygen atoms in total. The molecule has 0 radical (unpaired) electrons. The van der Waals surface area contributed by atoms with E-state index in [1.165, 1.54) is 0 Å². The van der Waals surface area contributed by atoms with Crippen molar-refractivity contribution >= 4 is 11.9 Å². The van der Waals surface area contributed by atoms with Crippen LogP contribution in [0.1, 0.15) is 39.0 Å². The SMILES string of the molecule is CC(CCNC(=O)C1CCC(N)CC1)C(=O)O. The van der Waals surface area contributed by atoms with E-state index in [9.17, 15) is 9.59 Å². The molecule has 0 spiro atoms. The summed E-state index contributed by atoms with van der Waals surface area (Å²) in [5.74, 6) is -1.11. The van der Waals surface area contributed by atoms with Crippen LogP contribution >= 0.6 is 0 Å². The zero-order valence-corrected chi connectivity index (χ0v) is 10.3. The van der Waals surface area contributed by atoms with Gasteiger partial charge in [0.15, 0.2) is 0 Å². The molecule has 5 heteroatoms. The molecule has 0 aromatic carbocycles. The summed E-state index contributed by atoms with van der Waals surface area (Å²) in [5, 5.41) is 11.5. The lowest BCUT2D eigenvalue weighted by molar-refractivity contribution is -0.141. The third kappa shape index (κ3) is 4.73. The molecule has 1 saturated carbocycles. The van der Waals surface area contributed by atoms with Crippen molar-refractivity contribution in [2.75, 3.05) is 6.54 Å². The van der Waals surface area contributed by atoms with Crippen LogP contribution in [0.5, 0.6) is 0 Å². The van der Waals surface area contributed by atoms with Gasteiger partial charge in [-0.1, -0.05) is 6.92 Å². The maximum Gasteiger partial charge on any atom is 0.306 e. The number of nitrogens with two attached hydrogens (primary N) is 1. The van der Waals surface area contributed by atoms with E-state index in [2.05, 4.69) is 5.32 Å². The largest absolute Gasteiger partial charge is 0.481 e. The zero-order valence-electron chi connectivity index (χ0n) is 10.3. The quantitative estimate of drug-likeness (QED) is 0.662. The highest BCUT2D eigenvalue weighted by Crippen LogP contribution is 2.23. The van der Waals surface area contributed by atoms with Crippen LogP contribution in [-0.2, 0) is 9.59 Å². The number of carboxylic acids is 1. The fourth-order valence-electron chi connectivity index (χ4n) is 2.06. The van der Waals surface area contributed by atoms with Gasteiger partial charge in [-0.15, -0.1) is 0 Å². The number of nitrogens with one attached hydrogen (secondary N) is 1. The molecule has 0 aromatic rings. The van der Waals surface area contributed by atoms with Gasteiger partial charge in [-0.3, -0.25) is 9.59 Å². The van der Waals surface area contributed by atoms with Crippen molar-refractivity contribution in [3.05, 3.63) is 0 Å². The van der Waals surface area contributed by atoms with Gasteiger partial charge < -0.3 is 16.2 Å². The number of amides is 1. The van der Waals surface area contributed by atoms with Crippen LogP contribution in [0.3, 0.4) is 0 Å². The molecule has 1 atom stereocenters. The zero-order chi connectivity index (χ0) is 12.8. The summed E-state index contributed by atoms with van der Waals surface area (Å²) in [4.78, 5) is 22.3. The topological polar surface area (TPSA) is 92.4 Å². The predicted molar refractivity (Wildman–Crippen MR) is 64.4 cm³/mol. The van der Waals surface area contributed by atoms with E-state index in [4.69, 9.17) is 10.8 Å². The summed E-state index contributed by atoms with van der Waals surface area (Å²) in [6.45, 7) is 2.09. The van der Waals surface area contributed by atoms with E-state index in [-0.39, 0.29) is 17.9 Å². The van der Waals surface area contributed by atoms with E-state index in [1.807, 2.05) is 0 Å². The molecule has 1 aliphatic carbocycles. The summed E-state index contributed by atoms with van der Waals surface area (Å²) in [7, 11) is 0. The Kier molecular flexibility index (Phi) is 5.41. The Morgan fingerprint density at radius 3 is 2.47 bits per heavy atom. The second-order valence-electron chi connectivity index (χ2n) is 4.93. The number of carboxylic acid groups (broad SMARTS) is 1. The van der Waals surface area contributed by atoms with Gasteiger partial charge in [0.2, 0.25) is 5.91 Å². The first-order chi connectivity index (χ1) is 8.00. The third-order valence-corrected chi connectivity index (χ3v) is 3.44. The highest BCUT2D eigenvalue weighted by molar-refractivity contribution is 5.78. The summed E-state index contributed by atoms with van der Waals surface area (Å²) in [6.07, 6.45) is 3.99. The summed E-state index contributed by atoms with van der Waals surface area (Å²) < 4.78 is 0. The standard InChI is InChI=1S/C12H22N2O3/c1-8(12(16)17)6-7-14-11(15)9-2-4-10(13)5-3-9/h8-10H,2-7,13H2,1H3,(H,14,15)(H,16,17). The van der Waals surface area contributed by atoms with Crippen LogP contribution in [-0.4, -0.2) is 29.6 Å². The minimum atomic E-state index is -0.817.